The molecular weight excluding hydrogens is 374 g/mol. The first kappa shape index (κ1) is 18.4. The van der Waals surface area contributed by atoms with Crippen LogP contribution in [0.25, 0.3) is 0 Å². The zero-order chi connectivity index (χ0) is 19.1. The smallest absolute Gasteiger partial charge is 0.422 e. The van der Waals surface area contributed by atoms with Gasteiger partial charge in [-0.2, -0.15) is 17.0 Å². The normalized spacial score (nSPS) is 24.4. The quantitative estimate of drug-likeness (QED) is 0.743. The van der Waals surface area contributed by atoms with Crippen LogP contribution in [0.4, 0.5) is 10.5 Å². The molecule has 27 heavy (non-hydrogen) atoms. The maximum atomic E-state index is 12.9. The molecule has 1 aromatic carbocycles. The molecule has 1 spiro atoms. The fourth-order valence-electron chi connectivity index (χ4n) is 3.68. The molecule has 2 amide bonds. The number of ether oxygens (including phenoxy) is 2. The van der Waals surface area contributed by atoms with Crippen LogP contribution in [0.15, 0.2) is 30.3 Å². The zero-order valence-electron chi connectivity index (χ0n) is 14.7. The summed E-state index contributed by atoms with van der Waals surface area (Å²) >= 11 is 0. The molecule has 1 aromatic rings. The van der Waals surface area contributed by atoms with Crippen molar-refractivity contribution < 1.29 is 27.5 Å². The van der Waals surface area contributed by atoms with Crippen LogP contribution in [-0.2, 0) is 24.5 Å². The molecule has 0 atom stereocenters. The summed E-state index contributed by atoms with van der Waals surface area (Å²) in [6.45, 7) is 1.64. The Labute approximate surface area is 157 Å². The van der Waals surface area contributed by atoms with Gasteiger partial charge in [0.2, 0.25) is 0 Å². The molecular formula is C17H21N3O6S. The zero-order valence-corrected chi connectivity index (χ0v) is 15.6. The SMILES string of the molecule is O=C1OC2(CCN(S(=O)(=O)N3CCOCC3)CC2)C(=O)N1c1ccccc1. The van der Waals surface area contributed by atoms with Gasteiger partial charge >= 0.3 is 6.09 Å². The topological polar surface area (TPSA) is 96.5 Å². The fraction of sp³-hybridized carbons (Fsp3) is 0.529. The third-order valence-corrected chi connectivity index (χ3v) is 7.26. The Kier molecular flexibility index (Phi) is 4.66. The Morgan fingerprint density at radius 2 is 1.48 bits per heavy atom. The summed E-state index contributed by atoms with van der Waals surface area (Å²) in [6, 6.07) is 8.59. The molecule has 0 aromatic heterocycles. The lowest BCUT2D eigenvalue weighted by Crippen LogP contribution is -2.55. The fourth-order valence-corrected chi connectivity index (χ4v) is 5.26. The average molecular weight is 395 g/mol. The van der Waals surface area contributed by atoms with Crippen molar-refractivity contribution in [3.8, 4) is 0 Å². The summed E-state index contributed by atoms with van der Waals surface area (Å²) < 4.78 is 39.0. The summed E-state index contributed by atoms with van der Waals surface area (Å²) in [4.78, 5) is 26.3. The van der Waals surface area contributed by atoms with E-state index in [0.717, 1.165) is 4.90 Å². The van der Waals surface area contributed by atoms with Crippen LogP contribution in [0, 0.1) is 0 Å². The van der Waals surface area contributed by atoms with Gasteiger partial charge in [0, 0.05) is 39.0 Å². The minimum absolute atomic E-state index is 0.126. The van der Waals surface area contributed by atoms with Gasteiger partial charge in [-0.3, -0.25) is 4.79 Å². The third-order valence-electron chi connectivity index (χ3n) is 5.23. The number of para-hydroxylation sites is 1. The first-order chi connectivity index (χ1) is 12.9. The van der Waals surface area contributed by atoms with Gasteiger partial charge in [0.1, 0.15) is 0 Å². The number of benzene rings is 1. The van der Waals surface area contributed by atoms with Crippen molar-refractivity contribution in [3.63, 3.8) is 0 Å². The molecule has 3 fully saturated rings. The summed E-state index contributed by atoms with van der Waals surface area (Å²) in [6.07, 6.45) is -0.426. The first-order valence-corrected chi connectivity index (χ1v) is 10.3. The van der Waals surface area contributed by atoms with Crippen LogP contribution in [0.1, 0.15) is 12.8 Å². The highest BCUT2D eigenvalue weighted by Crippen LogP contribution is 2.37. The highest BCUT2D eigenvalue weighted by Gasteiger charge is 2.56. The van der Waals surface area contributed by atoms with Gasteiger partial charge in [0.25, 0.3) is 16.1 Å². The number of hydrogen-bond acceptors (Lipinski definition) is 6. The predicted molar refractivity (Wildman–Crippen MR) is 95.3 cm³/mol. The van der Waals surface area contributed by atoms with E-state index in [1.807, 2.05) is 0 Å². The van der Waals surface area contributed by atoms with Gasteiger partial charge in [-0.25, -0.2) is 9.69 Å². The number of piperidine rings is 1. The van der Waals surface area contributed by atoms with Crippen molar-refractivity contribution in [2.45, 2.75) is 18.4 Å². The molecule has 9 nitrogen and oxygen atoms in total. The number of amides is 2. The lowest BCUT2D eigenvalue weighted by Gasteiger charge is -2.38. The predicted octanol–water partition coefficient (Wildman–Crippen LogP) is 0.581. The molecule has 146 valence electrons. The maximum Gasteiger partial charge on any atom is 0.422 e. The van der Waals surface area contributed by atoms with Crippen LogP contribution in [-0.4, -0.2) is 74.0 Å². The monoisotopic (exact) mass is 395 g/mol. The van der Waals surface area contributed by atoms with E-state index < -0.39 is 27.8 Å². The minimum atomic E-state index is -3.61. The summed E-state index contributed by atoms with van der Waals surface area (Å²) in [5.74, 6) is -0.429. The van der Waals surface area contributed by atoms with E-state index in [1.54, 1.807) is 30.3 Å². The number of carbonyl (C=O) groups is 2. The number of anilines is 1. The van der Waals surface area contributed by atoms with Gasteiger partial charge < -0.3 is 9.47 Å². The number of carbonyl (C=O) groups excluding carboxylic acids is 2. The second-order valence-electron chi connectivity index (χ2n) is 6.76. The van der Waals surface area contributed by atoms with Crippen LogP contribution in [0.3, 0.4) is 0 Å². The Morgan fingerprint density at radius 3 is 2.11 bits per heavy atom. The number of morpholine rings is 1. The average Bonchev–Trinajstić information content (AvgIpc) is 2.93. The van der Waals surface area contributed by atoms with Crippen LogP contribution in [0.2, 0.25) is 0 Å². The molecule has 0 saturated carbocycles. The van der Waals surface area contributed by atoms with Crippen molar-refractivity contribution in [3.05, 3.63) is 30.3 Å². The molecule has 3 aliphatic rings. The van der Waals surface area contributed by atoms with Crippen molar-refractivity contribution in [1.82, 2.24) is 8.61 Å². The molecule has 3 heterocycles. The van der Waals surface area contributed by atoms with E-state index >= 15 is 0 Å². The lowest BCUT2D eigenvalue weighted by molar-refractivity contribution is -0.133. The van der Waals surface area contributed by atoms with Crippen LogP contribution in [0.5, 0.6) is 0 Å². The summed E-state index contributed by atoms with van der Waals surface area (Å²) in [5, 5.41) is 0. The van der Waals surface area contributed by atoms with E-state index in [2.05, 4.69) is 0 Å². The number of nitrogens with zero attached hydrogens (tertiary/aromatic N) is 3. The minimum Gasteiger partial charge on any atom is -0.432 e. The molecule has 0 N–H and O–H groups in total. The lowest BCUT2D eigenvalue weighted by atomic mass is 9.91. The summed E-state index contributed by atoms with van der Waals surface area (Å²) in [5.41, 5.74) is -0.836. The van der Waals surface area contributed by atoms with E-state index in [0.29, 0.717) is 32.0 Å². The Bertz CT molecular complexity index is 829. The molecule has 3 aliphatic heterocycles. The van der Waals surface area contributed by atoms with E-state index in [4.69, 9.17) is 9.47 Å². The Balaban J connectivity index is 1.48. The Morgan fingerprint density at radius 1 is 0.889 bits per heavy atom. The van der Waals surface area contributed by atoms with Crippen LogP contribution < -0.4 is 4.90 Å². The largest absolute Gasteiger partial charge is 0.432 e. The van der Waals surface area contributed by atoms with Gasteiger partial charge in [-0.05, 0) is 12.1 Å². The van der Waals surface area contributed by atoms with Gasteiger partial charge in [0.05, 0.1) is 18.9 Å². The number of rotatable bonds is 3. The number of hydrogen-bond donors (Lipinski definition) is 0. The van der Waals surface area contributed by atoms with Crippen molar-refractivity contribution in [1.29, 1.82) is 0 Å². The van der Waals surface area contributed by atoms with Gasteiger partial charge in [-0.15, -0.1) is 0 Å². The van der Waals surface area contributed by atoms with Crippen molar-refractivity contribution >= 4 is 27.9 Å². The van der Waals surface area contributed by atoms with Gasteiger partial charge in [0.15, 0.2) is 5.60 Å². The third kappa shape index (κ3) is 3.12. The molecule has 0 bridgehead atoms. The number of imide groups is 1. The Hall–Kier alpha value is -2.01. The van der Waals surface area contributed by atoms with E-state index in [9.17, 15) is 18.0 Å². The van der Waals surface area contributed by atoms with E-state index in [1.165, 1.54) is 8.61 Å². The second kappa shape index (κ2) is 6.86. The second-order valence-corrected chi connectivity index (χ2v) is 8.69. The molecule has 10 heteroatoms. The maximum absolute atomic E-state index is 12.9. The molecule has 0 radical (unpaired) electrons. The standard InChI is InChI=1S/C17H21N3O6S/c21-15-17(26-16(22)20(15)14-4-2-1-3-5-14)6-8-18(9-7-17)27(23,24)19-10-12-25-13-11-19/h1-5H,6-13H2. The van der Waals surface area contributed by atoms with E-state index in [-0.39, 0.29) is 25.9 Å². The summed E-state index contributed by atoms with van der Waals surface area (Å²) in [7, 11) is -3.61. The molecule has 0 aliphatic carbocycles. The first-order valence-electron chi connectivity index (χ1n) is 8.90. The highest BCUT2D eigenvalue weighted by atomic mass is 32.2. The molecule has 3 saturated heterocycles. The van der Waals surface area contributed by atoms with Crippen LogP contribution >= 0.6 is 0 Å². The van der Waals surface area contributed by atoms with Crippen molar-refractivity contribution in [2.75, 3.05) is 44.3 Å². The molecule has 0 unspecified atom stereocenters. The molecule has 4 rings (SSSR count). The van der Waals surface area contributed by atoms with Crippen molar-refractivity contribution in [2.24, 2.45) is 0 Å². The van der Waals surface area contributed by atoms with Gasteiger partial charge in [-0.1, -0.05) is 18.2 Å². The highest BCUT2D eigenvalue weighted by molar-refractivity contribution is 7.86.